The van der Waals surface area contributed by atoms with Gasteiger partial charge in [0.1, 0.15) is 17.3 Å². The van der Waals surface area contributed by atoms with Crippen LogP contribution in [0, 0.1) is 5.41 Å². The number of carbonyl (C=O) groups excluding carboxylic acids is 2. The largest absolute Gasteiger partial charge is 0.459 e. The fourth-order valence-corrected chi connectivity index (χ4v) is 3.66. The van der Waals surface area contributed by atoms with Crippen molar-refractivity contribution >= 4 is 38.6 Å². The Morgan fingerprint density at radius 1 is 1.12 bits per heavy atom. The van der Waals surface area contributed by atoms with Gasteiger partial charge in [-0.3, -0.25) is 9.59 Å². The lowest BCUT2D eigenvalue weighted by Crippen LogP contribution is -2.29. The van der Waals surface area contributed by atoms with Gasteiger partial charge < -0.3 is 14.2 Å². The van der Waals surface area contributed by atoms with E-state index in [4.69, 9.17) is 9.88 Å². The van der Waals surface area contributed by atoms with Gasteiger partial charge in [-0.05, 0) is 44.9 Å². The zero-order valence-electron chi connectivity index (χ0n) is 19.0. The summed E-state index contributed by atoms with van der Waals surface area (Å²) in [6, 6.07) is 6.16. The molecule has 0 aliphatic carbocycles. The number of hydrogen-bond donors (Lipinski definition) is 2. The Bertz CT molecular complexity index is 1060. The molecule has 0 aliphatic heterocycles. The first-order valence-corrected chi connectivity index (χ1v) is 12.2. The number of ether oxygens (including phenoxy) is 1. The minimum atomic E-state index is -4.12. The van der Waals surface area contributed by atoms with E-state index >= 15 is 0 Å². The molecule has 0 fully saturated rings. The summed E-state index contributed by atoms with van der Waals surface area (Å²) in [5, 5.41) is 9.75. The number of nitrogens with one attached hydrogen (secondary N) is 1. The first kappa shape index (κ1) is 25.8. The number of rotatable bonds is 7. The van der Waals surface area contributed by atoms with Gasteiger partial charge in [0.15, 0.2) is 5.13 Å². The third-order valence-electron chi connectivity index (χ3n) is 4.05. The van der Waals surface area contributed by atoms with Crippen LogP contribution in [0.5, 0.6) is 5.75 Å². The van der Waals surface area contributed by atoms with Gasteiger partial charge in [0.05, 0.1) is 5.69 Å². The van der Waals surface area contributed by atoms with E-state index in [0.29, 0.717) is 10.8 Å². The number of esters is 1. The molecule has 0 unspecified atom stereocenters. The van der Waals surface area contributed by atoms with E-state index in [9.17, 15) is 18.0 Å². The van der Waals surface area contributed by atoms with Crippen LogP contribution in [0.25, 0.3) is 0 Å². The molecule has 2 rings (SSSR count). The first-order valence-electron chi connectivity index (χ1n) is 9.84. The van der Waals surface area contributed by atoms with Crippen LogP contribution >= 0.6 is 11.3 Å². The monoisotopic (exact) mass is 483 g/mol. The smallest absolute Gasteiger partial charge is 0.380 e. The second kappa shape index (κ2) is 9.55. The van der Waals surface area contributed by atoms with Crippen LogP contribution in [-0.4, -0.2) is 30.9 Å². The summed E-state index contributed by atoms with van der Waals surface area (Å²) >= 11 is 1.23. The molecule has 0 aliphatic rings. The van der Waals surface area contributed by atoms with Gasteiger partial charge in [0.25, 0.3) is 0 Å². The number of hydrogen-bond acceptors (Lipinski definition) is 8. The van der Waals surface area contributed by atoms with Crippen molar-refractivity contribution in [1.29, 1.82) is 0 Å². The van der Waals surface area contributed by atoms with Gasteiger partial charge in [0.2, 0.25) is 5.91 Å². The molecule has 1 aromatic heterocycles. The molecule has 11 heteroatoms. The SMILES string of the molecule is CC(C)(C)OC(=O)[C@@H](Cc1ccc(OS(N)(=O)=O)cc1)c1csc(NC(=O)C(C)(C)C)n1. The fraction of sp³-hybridized carbons (Fsp3) is 0.476. The number of thiazole rings is 1. The highest BCUT2D eigenvalue weighted by atomic mass is 32.2. The van der Waals surface area contributed by atoms with Crippen molar-refractivity contribution < 1.29 is 26.9 Å². The highest BCUT2D eigenvalue weighted by Crippen LogP contribution is 2.29. The van der Waals surface area contributed by atoms with Crippen molar-refractivity contribution in [3.05, 3.63) is 40.9 Å². The standard InChI is InChI=1S/C21H29N3O6S2/c1-20(2,3)18(26)24-19-23-16(12-31-19)15(17(25)29-21(4,5)6)11-13-7-9-14(10-8-13)30-32(22,27)28/h7-10,12,15H,11H2,1-6H3,(H2,22,27,28)(H,23,24,26)/t15-/m0/s1. The number of nitrogens with zero attached hydrogens (tertiary/aromatic N) is 1. The number of benzene rings is 1. The van der Waals surface area contributed by atoms with Crippen molar-refractivity contribution in [1.82, 2.24) is 4.98 Å². The van der Waals surface area contributed by atoms with Gasteiger partial charge in [0, 0.05) is 10.8 Å². The predicted molar refractivity (Wildman–Crippen MR) is 123 cm³/mol. The summed E-state index contributed by atoms with van der Waals surface area (Å²) in [6.45, 7) is 10.7. The predicted octanol–water partition coefficient (Wildman–Crippen LogP) is 3.38. The molecular formula is C21H29N3O6S2. The molecule has 1 atom stereocenters. The Kier molecular flexibility index (Phi) is 7.69. The molecule has 0 radical (unpaired) electrons. The first-order chi connectivity index (χ1) is 14.5. The number of anilines is 1. The molecule has 0 saturated carbocycles. The lowest BCUT2D eigenvalue weighted by molar-refractivity contribution is -0.156. The summed E-state index contributed by atoms with van der Waals surface area (Å²) in [7, 11) is -4.12. The molecule has 0 bridgehead atoms. The van der Waals surface area contributed by atoms with Crippen LogP contribution in [0.2, 0.25) is 0 Å². The van der Waals surface area contributed by atoms with E-state index in [1.165, 1.54) is 23.5 Å². The Morgan fingerprint density at radius 3 is 2.22 bits per heavy atom. The van der Waals surface area contributed by atoms with Crippen molar-refractivity contribution in [2.45, 2.75) is 59.5 Å². The number of amides is 1. The van der Waals surface area contributed by atoms with Gasteiger partial charge in [-0.2, -0.15) is 13.6 Å². The van der Waals surface area contributed by atoms with Crippen molar-refractivity contribution in [3.63, 3.8) is 0 Å². The molecule has 176 valence electrons. The minimum absolute atomic E-state index is 0.0610. The van der Waals surface area contributed by atoms with Crippen LogP contribution < -0.4 is 14.6 Å². The third-order valence-corrected chi connectivity index (χ3v) is 5.25. The minimum Gasteiger partial charge on any atom is -0.459 e. The number of nitrogens with two attached hydrogens (primary N) is 1. The molecule has 3 N–H and O–H groups in total. The second-order valence-corrected chi connectivity index (χ2v) is 11.3. The average Bonchev–Trinajstić information content (AvgIpc) is 3.05. The third kappa shape index (κ3) is 8.21. The van der Waals surface area contributed by atoms with Gasteiger partial charge >= 0.3 is 16.3 Å². The van der Waals surface area contributed by atoms with Gasteiger partial charge in [-0.15, -0.1) is 11.3 Å². The topological polar surface area (TPSA) is 138 Å². The van der Waals surface area contributed by atoms with Crippen LogP contribution in [0.15, 0.2) is 29.6 Å². The van der Waals surface area contributed by atoms with E-state index < -0.39 is 33.2 Å². The summed E-state index contributed by atoms with van der Waals surface area (Å²) in [5.74, 6) is -1.30. The maximum atomic E-state index is 12.9. The summed E-state index contributed by atoms with van der Waals surface area (Å²) in [5.41, 5.74) is -0.0757. The quantitative estimate of drug-likeness (QED) is 0.576. The lowest BCUT2D eigenvalue weighted by Gasteiger charge is -2.23. The Balaban J connectivity index is 2.28. The molecule has 9 nitrogen and oxygen atoms in total. The highest BCUT2D eigenvalue weighted by Gasteiger charge is 2.30. The average molecular weight is 484 g/mol. The summed E-state index contributed by atoms with van der Waals surface area (Å²) in [4.78, 5) is 29.6. The fourth-order valence-electron chi connectivity index (χ4n) is 2.52. The Labute approximate surface area is 192 Å². The highest BCUT2D eigenvalue weighted by molar-refractivity contribution is 7.84. The number of carbonyl (C=O) groups is 2. The molecule has 2 aromatic rings. The maximum Gasteiger partial charge on any atom is 0.380 e. The zero-order valence-corrected chi connectivity index (χ0v) is 20.6. The molecule has 32 heavy (non-hydrogen) atoms. The van der Waals surface area contributed by atoms with Crippen LogP contribution in [0.4, 0.5) is 5.13 Å². The molecule has 1 amide bonds. The molecule has 0 saturated heterocycles. The van der Waals surface area contributed by atoms with Crippen molar-refractivity contribution in [2.24, 2.45) is 10.6 Å². The molecule has 1 heterocycles. The van der Waals surface area contributed by atoms with Crippen LogP contribution in [0.3, 0.4) is 0 Å². The Hall–Kier alpha value is -2.50. The maximum absolute atomic E-state index is 12.9. The molecular weight excluding hydrogens is 454 g/mol. The molecule has 1 aromatic carbocycles. The Morgan fingerprint density at radius 2 is 1.72 bits per heavy atom. The van der Waals surface area contributed by atoms with Crippen LogP contribution in [0.1, 0.15) is 58.7 Å². The van der Waals surface area contributed by atoms with Gasteiger partial charge in [-0.1, -0.05) is 32.9 Å². The van der Waals surface area contributed by atoms with Gasteiger partial charge in [-0.25, -0.2) is 4.98 Å². The van der Waals surface area contributed by atoms with Crippen molar-refractivity contribution in [3.8, 4) is 5.75 Å². The van der Waals surface area contributed by atoms with E-state index in [1.807, 2.05) is 0 Å². The van der Waals surface area contributed by atoms with E-state index in [-0.39, 0.29) is 18.1 Å². The summed E-state index contributed by atoms with van der Waals surface area (Å²) in [6.07, 6.45) is 0.251. The van der Waals surface area contributed by atoms with E-state index in [2.05, 4.69) is 14.5 Å². The van der Waals surface area contributed by atoms with E-state index in [0.717, 1.165) is 5.56 Å². The summed E-state index contributed by atoms with van der Waals surface area (Å²) < 4.78 is 32.4. The van der Waals surface area contributed by atoms with Crippen LogP contribution in [-0.2, 0) is 31.1 Å². The zero-order chi connectivity index (χ0) is 24.3. The normalized spacial score (nSPS) is 13.3. The molecule has 0 spiro atoms. The lowest BCUT2D eigenvalue weighted by atomic mass is 9.96. The second-order valence-electron chi connectivity index (χ2n) is 9.29. The van der Waals surface area contributed by atoms with E-state index in [1.54, 1.807) is 59.1 Å². The number of aromatic nitrogens is 1. The van der Waals surface area contributed by atoms with Crippen molar-refractivity contribution in [2.75, 3.05) is 5.32 Å².